The van der Waals surface area contributed by atoms with Crippen LogP contribution >= 0.6 is 0 Å². The van der Waals surface area contributed by atoms with Crippen LogP contribution in [0.4, 0.5) is 13.2 Å². The van der Waals surface area contributed by atoms with Crippen molar-refractivity contribution in [2.24, 2.45) is 0 Å². The number of ether oxygens (including phenoxy) is 2. The Hall–Kier alpha value is -1.76. The Balaban J connectivity index is 3.08. The van der Waals surface area contributed by atoms with Gasteiger partial charge in [-0.25, -0.2) is 4.79 Å². The quantitative estimate of drug-likeness (QED) is 0.891. The van der Waals surface area contributed by atoms with Crippen molar-refractivity contribution in [1.82, 2.24) is 0 Å². The molecule has 0 bridgehead atoms. The van der Waals surface area contributed by atoms with E-state index in [1.807, 2.05) is 0 Å². The van der Waals surface area contributed by atoms with Gasteiger partial charge in [-0.1, -0.05) is 0 Å². The van der Waals surface area contributed by atoms with Crippen LogP contribution in [0.2, 0.25) is 0 Å². The monoisotopic (exact) mass is 250 g/mol. The highest BCUT2D eigenvalue weighted by Crippen LogP contribution is 2.27. The highest BCUT2D eigenvalue weighted by atomic mass is 19.4. The van der Waals surface area contributed by atoms with Crippen molar-refractivity contribution >= 4 is 5.97 Å². The van der Waals surface area contributed by atoms with Crippen molar-refractivity contribution in [3.05, 3.63) is 29.3 Å². The molecule has 1 rings (SSSR count). The lowest BCUT2D eigenvalue weighted by Gasteiger charge is -2.13. The maximum Gasteiger partial charge on any atom is 0.573 e. The molecule has 0 saturated heterocycles. The number of carbonyl (C=O) groups is 1. The van der Waals surface area contributed by atoms with Gasteiger partial charge in [0.25, 0.3) is 0 Å². The molecule has 0 fully saturated rings. The summed E-state index contributed by atoms with van der Waals surface area (Å²) < 4.78 is 44.5. The average molecular weight is 250 g/mol. The van der Waals surface area contributed by atoms with Gasteiger partial charge in [-0.2, -0.15) is 0 Å². The van der Waals surface area contributed by atoms with E-state index < -0.39 is 18.1 Å². The smallest absolute Gasteiger partial charge is 0.478 e. The Morgan fingerprint density at radius 1 is 1.41 bits per heavy atom. The third kappa shape index (κ3) is 3.95. The summed E-state index contributed by atoms with van der Waals surface area (Å²) in [4.78, 5) is 10.7. The summed E-state index contributed by atoms with van der Waals surface area (Å²) in [5.74, 6) is -1.70. The molecule has 1 N–H and O–H groups in total. The molecule has 0 aliphatic carbocycles. The van der Waals surface area contributed by atoms with Gasteiger partial charge in [0.05, 0.1) is 12.2 Å². The van der Waals surface area contributed by atoms with Gasteiger partial charge in [-0.3, -0.25) is 0 Å². The van der Waals surface area contributed by atoms with Gasteiger partial charge in [0.15, 0.2) is 0 Å². The molecule has 0 aliphatic heterocycles. The topological polar surface area (TPSA) is 55.8 Å². The van der Waals surface area contributed by atoms with Crippen molar-refractivity contribution in [1.29, 1.82) is 0 Å². The standard InChI is InChI=1S/C10H9F3O4/c1-16-5-7-4-6(9(14)15)2-3-8(7)17-10(11,12)13/h2-4H,5H2,1H3,(H,14,15). The average Bonchev–Trinajstić information content (AvgIpc) is 2.18. The van der Waals surface area contributed by atoms with Crippen LogP contribution in [-0.2, 0) is 11.3 Å². The van der Waals surface area contributed by atoms with Crippen LogP contribution in [0.1, 0.15) is 15.9 Å². The Labute approximate surface area is 94.6 Å². The lowest BCUT2D eigenvalue weighted by atomic mass is 10.1. The minimum atomic E-state index is -4.83. The Bertz CT molecular complexity index is 415. The van der Waals surface area contributed by atoms with Gasteiger partial charge >= 0.3 is 12.3 Å². The molecule has 4 nitrogen and oxygen atoms in total. The van der Waals surface area contributed by atoms with Gasteiger partial charge in [-0.15, -0.1) is 13.2 Å². The molecule has 0 radical (unpaired) electrons. The summed E-state index contributed by atoms with van der Waals surface area (Å²) in [7, 11) is 1.28. The molecule has 0 aliphatic rings. The highest BCUT2D eigenvalue weighted by molar-refractivity contribution is 5.88. The molecule has 0 amide bonds. The largest absolute Gasteiger partial charge is 0.573 e. The number of rotatable bonds is 4. The fraction of sp³-hybridized carbons (Fsp3) is 0.300. The Morgan fingerprint density at radius 3 is 2.53 bits per heavy atom. The van der Waals surface area contributed by atoms with Gasteiger partial charge in [-0.05, 0) is 18.2 Å². The van der Waals surface area contributed by atoms with E-state index >= 15 is 0 Å². The summed E-state index contributed by atoms with van der Waals surface area (Å²) in [6.45, 7) is -0.174. The lowest BCUT2D eigenvalue weighted by Crippen LogP contribution is -2.18. The first kappa shape index (κ1) is 13.3. The molecule has 94 valence electrons. The minimum Gasteiger partial charge on any atom is -0.478 e. The maximum atomic E-state index is 12.0. The third-order valence-electron chi connectivity index (χ3n) is 1.83. The van der Waals surface area contributed by atoms with E-state index in [4.69, 9.17) is 5.11 Å². The van der Waals surface area contributed by atoms with Crippen molar-refractivity contribution in [3.63, 3.8) is 0 Å². The van der Waals surface area contributed by atoms with Crippen molar-refractivity contribution in [3.8, 4) is 5.75 Å². The van der Waals surface area contributed by atoms with E-state index in [-0.39, 0.29) is 17.7 Å². The lowest BCUT2D eigenvalue weighted by molar-refractivity contribution is -0.275. The second kappa shape index (κ2) is 5.05. The van der Waals surface area contributed by atoms with Crippen LogP contribution in [-0.4, -0.2) is 24.5 Å². The van der Waals surface area contributed by atoms with E-state index in [1.54, 1.807) is 0 Å². The van der Waals surface area contributed by atoms with Crippen molar-refractivity contribution in [2.75, 3.05) is 7.11 Å². The van der Waals surface area contributed by atoms with Crippen molar-refractivity contribution < 1.29 is 32.5 Å². The summed E-state index contributed by atoms with van der Waals surface area (Å²) >= 11 is 0. The molecule has 0 unspecified atom stereocenters. The molecule has 0 spiro atoms. The van der Waals surface area contributed by atoms with Crippen molar-refractivity contribution in [2.45, 2.75) is 13.0 Å². The maximum absolute atomic E-state index is 12.0. The van der Waals surface area contributed by atoms with Crippen LogP contribution in [0, 0.1) is 0 Å². The molecular formula is C10H9F3O4. The minimum absolute atomic E-state index is 0.0183. The highest BCUT2D eigenvalue weighted by Gasteiger charge is 2.32. The van der Waals surface area contributed by atoms with E-state index in [0.29, 0.717) is 0 Å². The van der Waals surface area contributed by atoms with E-state index in [2.05, 4.69) is 9.47 Å². The molecule has 17 heavy (non-hydrogen) atoms. The van der Waals surface area contributed by atoms with E-state index in [9.17, 15) is 18.0 Å². The summed E-state index contributed by atoms with van der Waals surface area (Å²) in [6.07, 6.45) is -4.83. The zero-order chi connectivity index (χ0) is 13.1. The molecule has 0 heterocycles. The number of carboxylic acids is 1. The second-order valence-corrected chi connectivity index (χ2v) is 3.11. The predicted molar refractivity (Wildman–Crippen MR) is 50.8 cm³/mol. The predicted octanol–water partition coefficient (Wildman–Crippen LogP) is 2.43. The number of hydrogen-bond donors (Lipinski definition) is 1. The summed E-state index contributed by atoms with van der Waals surface area (Å²) in [5, 5.41) is 8.70. The fourth-order valence-electron chi connectivity index (χ4n) is 1.21. The zero-order valence-electron chi connectivity index (χ0n) is 8.75. The van der Waals surface area contributed by atoms with Crippen LogP contribution in [0.3, 0.4) is 0 Å². The van der Waals surface area contributed by atoms with Crippen LogP contribution in [0.15, 0.2) is 18.2 Å². The molecule has 1 aromatic carbocycles. The number of alkyl halides is 3. The summed E-state index contributed by atoms with van der Waals surface area (Å²) in [5.41, 5.74) is -0.115. The third-order valence-corrected chi connectivity index (χ3v) is 1.83. The first-order valence-corrected chi connectivity index (χ1v) is 4.44. The molecular weight excluding hydrogens is 241 g/mol. The SMILES string of the molecule is COCc1cc(C(=O)O)ccc1OC(F)(F)F. The van der Waals surface area contributed by atoms with Gasteiger partial charge in [0, 0.05) is 12.7 Å². The molecule has 0 aromatic heterocycles. The Kier molecular flexibility index (Phi) is 3.95. The molecule has 0 atom stereocenters. The van der Waals surface area contributed by atoms with Crippen LogP contribution in [0.5, 0.6) is 5.75 Å². The first-order valence-electron chi connectivity index (χ1n) is 4.44. The fourth-order valence-corrected chi connectivity index (χ4v) is 1.21. The van der Waals surface area contributed by atoms with E-state index in [0.717, 1.165) is 18.2 Å². The second-order valence-electron chi connectivity index (χ2n) is 3.11. The van der Waals surface area contributed by atoms with E-state index in [1.165, 1.54) is 7.11 Å². The number of methoxy groups -OCH3 is 1. The van der Waals surface area contributed by atoms with Crippen LogP contribution < -0.4 is 4.74 Å². The molecule has 0 saturated carbocycles. The number of hydrogen-bond acceptors (Lipinski definition) is 3. The number of halogens is 3. The molecule has 1 aromatic rings. The Morgan fingerprint density at radius 2 is 2.06 bits per heavy atom. The van der Waals surface area contributed by atoms with Gasteiger partial charge in [0.1, 0.15) is 5.75 Å². The number of aromatic carboxylic acids is 1. The number of carboxylic acid groups (broad SMARTS) is 1. The first-order chi connectivity index (χ1) is 7.83. The van der Waals surface area contributed by atoms with Crippen LogP contribution in [0.25, 0.3) is 0 Å². The normalized spacial score (nSPS) is 11.3. The van der Waals surface area contributed by atoms with Gasteiger partial charge in [0.2, 0.25) is 0 Å². The zero-order valence-corrected chi connectivity index (χ0v) is 8.75. The number of benzene rings is 1. The summed E-state index contributed by atoms with van der Waals surface area (Å²) in [6, 6.07) is 3.06. The molecule has 7 heteroatoms. The van der Waals surface area contributed by atoms with Gasteiger partial charge < -0.3 is 14.6 Å².